The summed E-state index contributed by atoms with van der Waals surface area (Å²) < 4.78 is 10.5. The molecule has 0 unspecified atom stereocenters. The van der Waals surface area contributed by atoms with Gasteiger partial charge in [0.25, 0.3) is 0 Å². The van der Waals surface area contributed by atoms with E-state index in [0.29, 0.717) is 24.9 Å². The highest BCUT2D eigenvalue weighted by molar-refractivity contribution is 5.03. The number of aromatic nitrogens is 2. The molecule has 1 aromatic heterocycles. The fourth-order valence-electron chi connectivity index (χ4n) is 2.20. The number of rotatable bonds is 4. The lowest BCUT2D eigenvalue weighted by Gasteiger charge is -2.32. The molecular formula is C12H21N3O2. The summed E-state index contributed by atoms with van der Waals surface area (Å²) in [5, 5.41) is 3.90. The highest BCUT2D eigenvalue weighted by Gasteiger charge is 2.36. The highest BCUT2D eigenvalue weighted by atomic mass is 16.5. The number of nitrogens with two attached hydrogens (primary N) is 1. The van der Waals surface area contributed by atoms with Crippen LogP contribution in [0.15, 0.2) is 4.52 Å². The van der Waals surface area contributed by atoms with Gasteiger partial charge < -0.3 is 15.0 Å². The smallest absolute Gasteiger partial charge is 0.246 e. The van der Waals surface area contributed by atoms with Gasteiger partial charge >= 0.3 is 0 Å². The molecule has 1 heterocycles. The van der Waals surface area contributed by atoms with Crippen LogP contribution in [0.4, 0.5) is 0 Å². The minimum atomic E-state index is -0.427. The summed E-state index contributed by atoms with van der Waals surface area (Å²) in [7, 11) is 0. The maximum atomic E-state index is 6.35. The van der Waals surface area contributed by atoms with Crippen LogP contribution in [0.3, 0.4) is 0 Å². The number of hydrogen-bond acceptors (Lipinski definition) is 5. The van der Waals surface area contributed by atoms with Crippen LogP contribution in [0, 0.1) is 5.92 Å². The van der Waals surface area contributed by atoms with E-state index in [4.69, 9.17) is 15.0 Å². The van der Waals surface area contributed by atoms with E-state index < -0.39 is 5.54 Å². The average Bonchev–Trinajstić information content (AvgIpc) is 2.80. The van der Waals surface area contributed by atoms with E-state index in [1.54, 1.807) is 0 Å². The first-order valence-corrected chi connectivity index (χ1v) is 6.34. The molecule has 96 valence electrons. The van der Waals surface area contributed by atoms with Crippen molar-refractivity contribution in [1.29, 1.82) is 0 Å². The molecule has 5 heteroatoms. The third-order valence-corrected chi connectivity index (χ3v) is 3.50. The zero-order valence-electron chi connectivity index (χ0n) is 10.6. The molecule has 0 amide bonds. The van der Waals surface area contributed by atoms with Gasteiger partial charge in [-0.3, -0.25) is 0 Å². The first kappa shape index (κ1) is 12.5. The summed E-state index contributed by atoms with van der Waals surface area (Å²) in [6, 6.07) is 0. The van der Waals surface area contributed by atoms with E-state index in [0.717, 1.165) is 31.6 Å². The van der Waals surface area contributed by atoms with Gasteiger partial charge in [-0.25, -0.2) is 0 Å². The summed E-state index contributed by atoms with van der Waals surface area (Å²) >= 11 is 0. The lowest BCUT2D eigenvalue weighted by molar-refractivity contribution is 0.126. The Morgan fingerprint density at radius 1 is 1.47 bits per heavy atom. The normalized spacial score (nSPS) is 29.5. The second kappa shape index (κ2) is 5.14. The van der Waals surface area contributed by atoms with Crippen molar-refractivity contribution < 1.29 is 9.26 Å². The Morgan fingerprint density at radius 3 is 2.82 bits per heavy atom. The van der Waals surface area contributed by atoms with E-state index in [9.17, 15) is 0 Å². The molecule has 0 saturated heterocycles. The summed E-state index contributed by atoms with van der Waals surface area (Å²) in [6.07, 6.45) is 4.09. The molecule has 1 fully saturated rings. The van der Waals surface area contributed by atoms with Crippen LogP contribution in [0.1, 0.15) is 51.2 Å². The Morgan fingerprint density at radius 2 is 2.18 bits per heavy atom. The third kappa shape index (κ3) is 2.84. The second-order valence-corrected chi connectivity index (χ2v) is 4.99. The monoisotopic (exact) mass is 239 g/mol. The minimum absolute atomic E-state index is 0.395. The Balaban J connectivity index is 2.03. The van der Waals surface area contributed by atoms with Crippen molar-refractivity contribution in [2.75, 3.05) is 6.61 Å². The van der Waals surface area contributed by atoms with Crippen molar-refractivity contribution in [3.8, 4) is 0 Å². The molecule has 1 aromatic rings. The minimum Gasteiger partial charge on any atom is -0.374 e. The first-order chi connectivity index (χ1) is 8.14. The van der Waals surface area contributed by atoms with Crippen molar-refractivity contribution >= 4 is 0 Å². The van der Waals surface area contributed by atoms with Crippen LogP contribution in [0.2, 0.25) is 0 Å². The maximum Gasteiger partial charge on any atom is 0.246 e. The largest absolute Gasteiger partial charge is 0.374 e. The SMILES string of the molecule is CCOCc1noc(C2(N)CCC(C)CC2)n1. The molecule has 1 aliphatic rings. The molecule has 17 heavy (non-hydrogen) atoms. The van der Waals surface area contributed by atoms with E-state index in [1.165, 1.54) is 0 Å². The Hall–Kier alpha value is -0.940. The summed E-state index contributed by atoms with van der Waals surface area (Å²) in [5.74, 6) is 1.90. The quantitative estimate of drug-likeness (QED) is 0.869. The number of hydrogen-bond donors (Lipinski definition) is 1. The molecule has 1 aliphatic carbocycles. The van der Waals surface area contributed by atoms with Crippen molar-refractivity contribution in [2.45, 2.75) is 51.7 Å². The number of nitrogens with zero attached hydrogens (tertiary/aromatic N) is 2. The molecule has 0 aliphatic heterocycles. The standard InChI is InChI=1S/C12H21N3O2/c1-3-16-8-10-14-11(17-15-10)12(13)6-4-9(2)5-7-12/h9H,3-8,13H2,1-2H3. The van der Waals surface area contributed by atoms with E-state index >= 15 is 0 Å². The first-order valence-electron chi connectivity index (χ1n) is 6.34. The van der Waals surface area contributed by atoms with Crippen LogP contribution >= 0.6 is 0 Å². The van der Waals surface area contributed by atoms with Crippen LogP contribution in [0.25, 0.3) is 0 Å². The van der Waals surface area contributed by atoms with Crippen molar-refractivity contribution in [1.82, 2.24) is 10.1 Å². The van der Waals surface area contributed by atoms with E-state index in [1.807, 2.05) is 6.92 Å². The van der Waals surface area contributed by atoms with E-state index in [-0.39, 0.29) is 0 Å². The van der Waals surface area contributed by atoms with Gasteiger partial charge in [0.2, 0.25) is 5.89 Å². The predicted molar refractivity (Wildman–Crippen MR) is 63.1 cm³/mol. The van der Waals surface area contributed by atoms with Gasteiger partial charge in [-0.2, -0.15) is 4.98 Å². The van der Waals surface area contributed by atoms with Gasteiger partial charge in [0.05, 0.1) is 5.54 Å². The molecule has 5 nitrogen and oxygen atoms in total. The predicted octanol–water partition coefficient (Wildman–Crippen LogP) is 1.97. The fraction of sp³-hybridized carbons (Fsp3) is 0.833. The maximum absolute atomic E-state index is 6.35. The number of ether oxygens (including phenoxy) is 1. The zero-order valence-corrected chi connectivity index (χ0v) is 10.6. The Bertz CT molecular complexity index is 356. The lowest BCUT2D eigenvalue weighted by Crippen LogP contribution is -2.40. The van der Waals surface area contributed by atoms with Crippen molar-refractivity contribution in [3.63, 3.8) is 0 Å². The Kier molecular flexibility index (Phi) is 3.79. The van der Waals surface area contributed by atoms with E-state index in [2.05, 4.69) is 17.1 Å². The average molecular weight is 239 g/mol. The Labute approximate surface area is 102 Å². The van der Waals surface area contributed by atoms with Crippen LogP contribution in [-0.2, 0) is 16.9 Å². The molecule has 0 radical (unpaired) electrons. The summed E-state index contributed by atoms with van der Waals surface area (Å²) in [5.41, 5.74) is 5.92. The summed E-state index contributed by atoms with van der Waals surface area (Å²) in [6.45, 7) is 5.24. The van der Waals surface area contributed by atoms with Crippen LogP contribution in [0.5, 0.6) is 0 Å². The van der Waals surface area contributed by atoms with Gasteiger partial charge in [0.15, 0.2) is 5.82 Å². The van der Waals surface area contributed by atoms with Gasteiger partial charge in [-0.1, -0.05) is 12.1 Å². The van der Waals surface area contributed by atoms with Crippen molar-refractivity contribution in [2.24, 2.45) is 11.7 Å². The molecule has 2 rings (SSSR count). The van der Waals surface area contributed by atoms with Gasteiger partial charge in [-0.05, 0) is 38.5 Å². The molecular weight excluding hydrogens is 218 g/mol. The fourth-order valence-corrected chi connectivity index (χ4v) is 2.20. The van der Waals surface area contributed by atoms with Gasteiger partial charge in [0, 0.05) is 6.61 Å². The molecule has 0 bridgehead atoms. The lowest BCUT2D eigenvalue weighted by atomic mass is 9.78. The molecule has 0 atom stereocenters. The molecule has 2 N–H and O–H groups in total. The summed E-state index contributed by atoms with van der Waals surface area (Å²) in [4.78, 5) is 4.34. The van der Waals surface area contributed by atoms with Gasteiger partial charge in [-0.15, -0.1) is 0 Å². The van der Waals surface area contributed by atoms with Crippen LogP contribution < -0.4 is 5.73 Å². The van der Waals surface area contributed by atoms with Gasteiger partial charge in [0.1, 0.15) is 6.61 Å². The molecule has 0 aromatic carbocycles. The topological polar surface area (TPSA) is 74.2 Å². The highest BCUT2D eigenvalue weighted by Crippen LogP contribution is 2.36. The van der Waals surface area contributed by atoms with Crippen LogP contribution in [-0.4, -0.2) is 16.7 Å². The van der Waals surface area contributed by atoms with Crippen molar-refractivity contribution in [3.05, 3.63) is 11.7 Å². The third-order valence-electron chi connectivity index (χ3n) is 3.50. The molecule has 1 saturated carbocycles. The second-order valence-electron chi connectivity index (χ2n) is 4.99. The molecule has 0 spiro atoms. The zero-order chi connectivity index (χ0) is 12.3.